The van der Waals surface area contributed by atoms with Gasteiger partial charge in [0.2, 0.25) is 0 Å². The van der Waals surface area contributed by atoms with Crippen LogP contribution in [0.3, 0.4) is 0 Å². The Balaban J connectivity index is 2.79. The van der Waals surface area contributed by atoms with E-state index in [1.807, 2.05) is 0 Å². The summed E-state index contributed by atoms with van der Waals surface area (Å²) < 4.78 is 37.0. The molecule has 0 bridgehead atoms. The topological polar surface area (TPSA) is 33.2 Å². The number of carbonyl (C=O) groups excluding carboxylic acids is 1. The molecule has 0 aliphatic carbocycles. The number of hydrogen-bond acceptors (Lipinski definition) is 3. The second kappa shape index (κ2) is 5.48. The van der Waals surface area contributed by atoms with Crippen LogP contribution in [0.25, 0.3) is 0 Å². The van der Waals surface area contributed by atoms with Crippen LogP contribution in [0.1, 0.15) is 24.3 Å². The molecule has 0 spiro atoms. The first-order valence-corrected chi connectivity index (χ1v) is 5.98. The normalized spacial score (nSPS) is 11.9. The van der Waals surface area contributed by atoms with E-state index in [1.165, 1.54) is 22.2 Å². The monoisotopic (exact) mass is 266 g/mol. The number of thiazole rings is 1. The second-order valence-electron chi connectivity index (χ2n) is 4.07. The summed E-state index contributed by atoms with van der Waals surface area (Å²) in [5.41, 5.74) is 1.49. The molecule has 0 unspecified atom stereocenters. The molecule has 1 rings (SSSR count). The summed E-state index contributed by atoms with van der Waals surface area (Å²) >= 11 is 1.18. The van der Waals surface area contributed by atoms with E-state index in [2.05, 4.69) is 4.98 Å². The number of halogens is 3. The predicted molar refractivity (Wildman–Crippen MR) is 58.9 cm³/mol. The minimum atomic E-state index is -4.39. The van der Waals surface area contributed by atoms with Gasteiger partial charge >= 0.3 is 6.18 Å². The number of aromatic nitrogens is 1. The average Bonchev–Trinajstić information content (AvgIpc) is 2.65. The van der Waals surface area contributed by atoms with Crippen molar-refractivity contribution >= 4 is 17.2 Å². The first kappa shape index (κ1) is 14.0. The third-order valence-corrected chi connectivity index (χ3v) is 2.48. The van der Waals surface area contributed by atoms with Crippen molar-refractivity contribution in [2.75, 3.05) is 13.1 Å². The van der Waals surface area contributed by atoms with Gasteiger partial charge in [-0.1, -0.05) is 13.8 Å². The maximum atomic E-state index is 12.3. The molecule has 1 aromatic heterocycles. The molecule has 0 N–H and O–H groups in total. The van der Waals surface area contributed by atoms with E-state index in [-0.39, 0.29) is 18.2 Å². The van der Waals surface area contributed by atoms with Crippen LogP contribution in [-0.2, 0) is 0 Å². The average molecular weight is 266 g/mol. The fraction of sp³-hybridized carbons (Fsp3) is 0.600. The van der Waals surface area contributed by atoms with E-state index in [4.69, 9.17) is 0 Å². The SMILES string of the molecule is CC(C)CN(CC(F)(F)F)C(=O)c1cscn1. The molecular formula is C10H13F3N2OS. The summed E-state index contributed by atoms with van der Waals surface area (Å²) in [7, 11) is 0. The van der Waals surface area contributed by atoms with Gasteiger partial charge in [0, 0.05) is 11.9 Å². The molecule has 1 amide bonds. The molecule has 96 valence electrons. The fourth-order valence-corrected chi connectivity index (χ4v) is 1.88. The lowest BCUT2D eigenvalue weighted by Crippen LogP contribution is -2.41. The zero-order valence-electron chi connectivity index (χ0n) is 9.49. The van der Waals surface area contributed by atoms with E-state index in [9.17, 15) is 18.0 Å². The zero-order valence-corrected chi connectivity index (χ0v) is 10.3. The summed E-state index contributed by atoms with van der Waals surface area (Å²) in [6, 6.07) is 0. The minimum Gasteiger partial charge on any atom is -0.328 e. The number of hydrogen-bond donors (Lipinski definition) is 0. The van der Waals surface area contributed by atoms with Crippen molar-refractivity contribution in [1.82, 2.24) is 9.88 Å². The van der Waals surface area contributed by atoms with Crippen LogP contribution in [0.2, 0.25) is 0 Å². The lowest BCUT2D eigenvalue weighted by Gasteiger charge is -2.24. The summed E-state index contributed by atoms with van der Waals surface area (Å²) in [6.45, 7) is 2.35. The van der Waals surface area contributed by atoms with Crippen LogP contribution in [0.4, 0.5) is 13.2 Å². The van der Waals surface area contributed by atoms with Crippen LogP contribution in [0.5, 0.6) is 0 Å². The molecule has 7 heteroatoms. The largest absolute Gasteiger partial charge is 0.406 e. The van der Waals surface area contributed by atoms with E-state index in [1.54, 1.807) is 13.8 Å². The molecule has 0 radical (unpaired) electrons. The quantitative estimate of drug-likeness (QED) is 0.839. The van der Waals surface area contributed by atoms with Crippen molar-refractivity contribution in [3.8, 4) is 0 Å². The molecule has 3 nitrogen and oxygen atoms in total. The number of rotatable bonds is 4. The van der Waals surface area contributed by atoms with E-state index >= 15 is 0 Å². The number of amides is 1. The third-order valence-electron chi connectivity index (χ3n) is 1.89. The van der Waals surface area contributed by atoms with Gasteiger partial charge in [-0.3, -0.25) is 4.79 Å². The maximum Gasteiger partial charge on any atom is 0.406 e. The van der Waals surface area contributed by atoms with Crippen LogP contribution >= 0.6 is 11.3 Å². The smallest absolute Gasteiger partial charge is 0.328 e. The molecule has 17 heavy (non-hydrogen) atoms. The molecule has 0 atom stereocenters. The van der Waals surface area contributed by atoms with Gasteiger partial charge in [-0.2, -0.15) is 13.2 Å². The van der Waals surface area contributed by atoms with Crippen molar-refractivity contribution in [2.24, 2.45) is 5.92 Å². The van der Waals surface area contributed by atoms with E-state index < -0.39 is 18.6 Å². The molecule has 0 fully saturated rings. The van der Waals surface area contributed by atoms with E-state index in [0.29, 0.717) is 0 Å². The first-order chi connectivity index (χ1) is 7.79. The Bertz CT molecular complexity index is 362. The number of carbonyl (C=O) groups is 1. The summed E-state index contributed by atoms with van der Waals surface area (Å²) in [5, 5.41) is 1.45. The van der Waals surface area contributed by atoms with E-state index in [0.717, 1.165) is 4.90 Å². The Hall–Kier alpha value is -1.11. The first-order valence-electron chi connectivity index (χ1n) is 5.04. The van der Waals surface area contributed by atoms with Gasteiger partial charge in [-0.25, -0.2) is 4.98 Å². The molecule has 0 saturated heterocycles. The summed E-state index contributed by atoms with van der Waals surface area (Å²) in [5.74, 6) is -0.697. The van der Waals surface area contributed by atoms with Crippen molar-refractivity contribution in [1.29, 1.82) is 0 Å². The van der Waals surface area contributed by atoms with Crippen molar-refractivity contribution in [3.63, 3.8) is 0 Å². The molecule has 0 aromatic carbocycles. The maximum absolute atomic E-state index is 12.3. The van der Waals surface area contributed by atoms with Crippen LogP contribution in [-0.4, -0.2) is 35.1 Å². The van der Waals surface area contributed by atoms with Gasteiger partial charge in [-0.15, -0.1) is 11.3 Å². The van der Waals surface area contributed by atoms with Crippen molar-refractivity contribution in [2.45, 2.75) is 20.0 Å². The molecular weight excluding hydrogens is 253 g/mol. The Morgan fingerprint density at radius 2 is 2.18 bits per heavy atom. The van der Waals surface area contributed by atoms with Gasteiger partial charge in [0.25, 0.3) is 5.91 Å². The molecule has 0 aliphatic rings. The number of nitrogens with zero attached hydrogens (tertiary/aromatic N) is 2. The highest BCUT2D eigenvalue weighted by Crippen LogP contribution is 2.19. The fourth-order valence-electron chi connectivity index (χ4n) is 1.36. The van der Waals surface area contributed by atoms with Crippen LogP contribution < -0.4 is 0 Å². The Labute approximate surface area is 101 Å². The van der Waals surface area contributed by atoms with Crippen LogP contribution in [0, 0.1) is 5.92 Å². The van der Waals surface area contributed by atoms with Gasteiger partial charge in [0.05, 0.1) is 5.51 Å². The third kappa shape index (κ3) is 4.72. The highest BCUT2D eigenvalue weighted by atomic mass is 32.1. The molecule has 0 aliphatic heterocycles. The lowest BCUT2D eigenvalue weighted by atomic mass is 10.2. The Morgan fingerprint density at radius 1 is 1.53 bits per heavy atom. The molecule has 1 heterocycles. The Kier molecular flexibility index (Phi) is 4.50. The highest BCUT2D eigenvalue weighted by molar-refractivity contribution is 7.07. The lowest BCUT2D eigenvalue weighted by molar-refractivity contribution is -0.141. The molecule has 1 aromatic rings. The minimum absolute atomic E-state index is 0.0278. The number of alkyl halides is 3. The van der Waals surface area contributed by atoms with Gasteiger partial charge in [-0.05, 0) is 5.92 Å². The van der Waals surface area contributed by atoms with Gasteiger partial charge in [0.15, 0.2) is 0 Å². The van der Waals surface area contributed by atoms with Gasteiger partial charge < -0.3 is 4.90 Å². The van der Waals surface area contributed by atoms with Crippen molar-refractivity contribution in [3.05, 3.63) is 16.6 Å². The highest BCUT2D eigenvalue weighted by Gasteiger charge is 2.34. The summed E-state index contributed by atoms with van der Waals surface area (Å²) in [6.07, 6.45) is -4.39. The standard InChI is InChI=1S/C10H13F3N2OS/c1-7(2)3-15(5-10(11,12)13)9(16)8-4-17-6-14-8/h4,6-7H,3,5H2,1-2H3. The van der Waals surface area contributed by atoms with Crippen molar-refractivity contribution < 1.29 is 18.0 Å². The molecule has 0 saturated carbocycles. The van der Waals surface area contributed by atoms with Gasteiger partial charge in [0.1, 0.15) is 12.2 Å². The van der Waals surface area contributed by atoms with Crippen LogP contribution in [0.15, 0.2) is 10.9 Å². The zero-order chi connectivity index (χ0) is 13.1. The summed E-state index contributed by atoms with van der Waals surface area (Å²) in [4.78, 5) is 16.3. The predicted octanol–water partition coefficient (Wildman–Crippen LogP) is 2.80. The second-order valence-corrected chi connectivity index (χ2v) is 4.79. The Morgan fingerprint density at radius 3 is 2.59 bits per heavy atom.